The summed E-state index contributed by atoms with van der Waals surface area (Å²) in [6.45, 7) is 1.08. The number of nitrogens with zero attached hydrogens (tertiary/aromatic N) is 2. The van der Waals surface area contributed by atoms with Crippen LogP contribution in [0.3, 0.4) is 0 Å². The van der Waals surface area contributed by atoms with E-state index in [0.29, 0.717) is 36.0 Å². The molecule has 0 spiro atoms. The van der Waals surface area contributed by atoms with Gasteiger partial charge in [-0.1, -0.05) is 35.9 Å². The van der Waals surface area contributed by atoms with E-state index in [2.05, 4.69) is 4.98 Å². The molecule has 0 atom stereocenters. The predicted molar refractivity (Wildman–Crippen MR) is 104 cm³/mol. The molecule has 2 aromatic carbocycles. The molecule has 6 heteroatoms. The second-order valence-electron chi connectivity index (χ2n) is 5.93. The van der Waals surface area contributed by atoms with Gasteiger partial charge in [-0.05, 0) is 30.3 Å². The van der Waals surface area contributed by atoms with Crippen molar-refractivity contribution in [1.29, 1.82) is 0 Å². The number of para-hydroxylation sites is 1. The molecular weight excluding hydrogens is 350 g/mol. The van der Waals surface area contributed by atoms with Gasteiger partial charge in [-0.15, -0.1) is 0 Å². The molecule has 1 heterocycles. The van der Waals surface area contributed by atoms with Gasteiger partial charge < -0.3 is 15.4 Å². The highest BCUT2D eigenvalue weighted by Gasteiger charge is 2.18. The molecule has 26 heavy (non-hydrogen) atoms. The first-order valence-electron chi connectivity index (χ1n) is 8.31. The molecular formula is C20H20ClN3O2. The molecule has 0 aliphatic rings. The third-order valence-corrected chi connectivity index (χ3v) is 4.18. The number of aromatic nitrogens is 1. The lowest BCUT2D eigenvalue weighted by molar-refractivity contribution is 0.0779. The van der Waals surface area contributed by atoms with Crippen LogP contribution < -0.4 is 10.5 Å². The number of nitrogens with two attached hydrogens (primary N) is 1. The lowest BCUT2D eigenvalue weighted by Gasteiger charge is -2.19. The number of amides is 1. The first kappa shape index (κ1) is 18.2. The number of carbonyl (C=O) groups is 1. The highest BCUT2D eigenvalue weighted by atomic mass is 35.5. The van der Waals surface area contributed by atoms with Crippen molar-refractivity contribution in [2.24, 2.45) is 5.73 Å². The number of carbonyl (C=O) groups excluding carboxylic acids is 1. The van der Waals surface area contributed by atoms with Gasteiger partial charge in [0.2, 0.25) is 0 Å². The summed E-state index contributed by atoms with van der Waals surface area (Å²) < 4.78 is 5.57. The van der Waals surface area contributed by atoms with Crippen molar-refractivity contribution in [2.45, 2.75) is 6.54 Å². The van der Waals surface area contributed by atoms with E-state index in [9.17, 15) is 4.79 Å². The van der Waals surface area contributed by atoms with Crippen molar-refractivity contribution >= 4 is 28.4 Å². The summed E-state index contributed by atoms with van der Waals surface area (Å²) in [7, 11) is 1.73. The van der Waals surface area contributed by atoms with E-state index in [-0.39, 0.29) is 5.91 Å². The smallest absolute Gasteiger partial charge is 0.257 e. The Kier molecular flexibility index (Phi) is 5.71. The Morgan fingerprint density at radius 1 is 1.19 bits per heavy atom. The minimum atomic E-state index is -0.186. The zero-order valence-electron chi connectivity index (χ0n) is 14.5. The number of ether oxygens (including phenoxy) is 1. The largest absolute Gasteiger partial charge is 0.491 e. The molecule has 0 fully saturated rings. The Hall–Kier alpha value is -2.63. The van der Waals surface area contributed by atoms with Gasteiger partial charge in [-0.3, -0.25) is 9.78 Å². The van der Waals surface area contributed by atoms with Crippen molar-refractivity contribution in [2.75, 3.05) is 20.2 Å². The number of hydrogen-bond donors (Lipinski definition) is 1. The molecule has 1 amide bonds. The molecule has 0 saturated heterocycles. The van der Waals surface area contributed by atoms with Crippen LogP contribution in [0.25, 0.3) is 10.9 Å². The molecule has 0 unspecified atom stereocenters. The van der Waals surface area contributed by atoms with Crippen molar-refractivity contribution in [1.82, 2.24) is 9.88 Å². The van der Waals surface area contributed by atoms with Gasteiger partial charge in [-0.2, -0.15) is 0 Å². The Labute approximate surface area is 157 Å². The van der Waals surface area contributed by atoms with Crippen LogP contribution in [0.2, 0.25) is 5.02 Å². The summed E-state index contributed by atoms with van der Waals surface area (Å²) >= 11 is 6.06. The minimum Gasteiger partial charge on any atom is -0.491 e. The highest BCUT2D eigenvalue weighted by molar-refractivity contribution is 6.31. The van der Waals surface area contributed by atoms with Gasteiger partial charge in [0.15, 0.2) is 0 Å². The summed E-state index contributed by atoms with van der Waals surface area (Å²) in [4.78, 5) is 19.1. The van der Waals surface area contributed by atoms with Crippen molar-refractivity contribution < 1.29 is 9.53 Å². The monoisotopic (exact) mass is 369 g/mol. The summed E-state index contributed by atoms with van der Waals surface area (Å²) in [5, 5.41) is 1.54. The Balaban J connectivity index is 1.81. The highest BCUT2D eigenvalue weighted by Crippen LogP contribution is 2.25. The lowest BCUT2D eigenvalue weighted by Crippen LogP contribution is -2.27. The molecule has 0 saturated carbocycles. The number of pyridine rings is 1. The maximum Gasteiger partial charge on any atom is 0.257 e. The van der Waals surface area contributed by atoms with Crippen LogP contribution in [-0.2, 0) is 6.54 Å². The topological polar surface area (TPSA) is 68.5 Å². The van der Waals surface area contributed by atoms with Crippen LogP contribution in [0.5, 0.6) is 5.75 Å². The molecule has 134 valence electrons. The second-order valence-corrected chi connectivity index (χ2v) is 6.37. The molecule has 0 radical (unpaired) electrons. The molecule has 0 bridgehead atoms. The van der Waals surface area contributed by atoms with E-state index >= 15 is 0 Å². The normalized spacial score (nSPS) is 10.7. The first-order chi connectivity index (χ1) is 12.6. The Morgan fingerprint density at radius 3 is 2.81 bits per heavy atom. The van der Waals surface area contributed by atoms with Gasteiger partial charge in [0.05, 0.1) is 23.3 Å². The van der Waals surface area contributed by atoms with Crippen molar-refractivity contribution in [3.63, 3.8) is 0 Å². The fourth-order valence-electron chi connectivity index (χ4n) is 2.68. The number of fused-ring (bicyclic) bond motifs is 1. The van der Waals surface area contributed by atoms with Crippen molar-refractivity contribution in [3.05, 3.63) is 70.9 Å². The average Bonchev–Trinajstić information content (AvgIpc) is 2.66. The zero-order valence-corrected chi connectivity index (χ0v) is 15.2. The molecule has 2 N–H and O–H groups in total. The molecule has 3 aromatic rings. The van der Waals surface area contributed by atoms with Crippen LogP contribution in [-0.4, -0.2) is 36.0 Å². The second kappa shape index (κ2) is 8.17. The molecule has 0 aliphatic heterocycles. The number of hydrogen-bond acceptors (Lipinski definition) is 4. The number of halogens is 1. The van der Waals surface area contributed by atoms with Crippen LogP contribution in [0.4, 0.5) is 0 Å². The SMILES string of the molecule is CN(Cc1ccc2ccccc2n1)C(=O)c1cc(Cl)ccc1OCCN. The van der Waals surface area contributed by atoms with Crippen LogP contribution in [0.15, 0.2) is 54.6 Å². The van der Waals surface area contributed by atoms with Gasteiger partial charge in [-0.25, -0.2) is 0 Å². The van der Waals surface area contributed by atoms with Crippen molar-refractivity contribution in [3.8, 4) is 5.75 Å². The van der Waals surface area contributed by atoms with E-state index in [1.807, 2.05) is 36.4 Å². The van der Waals surface area contributed by atoms with E-state index in [4.69, 9.17) is 22.1 Å². The standard InChI is InChI=1S/C20H20ClN3O2/c1-24(13-16-8-6-14-4-2-3-5-18(14)23-16)20(25)17-12-15(21)7-9-19(17)26-11-10-22/h2-9,12H,10-11,13,22H2,1H3. The third kappa shape index (κ3) is 4.12. The van der Waals surface area contributed by atoms with E-state index in [0.717, 1.165) is 16.6 Å². The molecule has 3 rings (SSSR count). The Morgan fingerprint density at radius 2 is 2.00 bits per heavy atom. The lowest BCUT2D eigenvalue weighted by atomic mass is 10.1. The molecule has 5 nitrogen and oxygen atoms in total. The fraction of sp³-hybridized carbons (Fsp3) is 0.200. The van der Waals surface area contributed by atoms with Crippen LogP contribution in [0, 0.1) is 0 Å². The van der Waals surface area contributed by atoms with Crippen LogP contribution in [0.1, 0.15) is 16.1 Å². The predicted octanol–water partition coefficient (Wildman–Crippen LogP) is 3.50. The zero-order chi connectivity index (χ0) is 18.5. The first-order valence-corrected chi connectivity index (χ1v) is 8.69. The van der Waals surface area contributed by atoms with E-state index < -0.39 is 0 Å². The summed E-state index contributed by atoms with van der Waals surface area (Å²) in [6, 6.07) is 16.8. The summed E-state index contributed by atoms with van der Waals surface area (Å²) in [6.07, 6.45) is 0. The molecule has 1 aromatic heterocycles. The maximum absolute atomic E-state index is 12.9. The average molecular weight is 370 g/mol. The summed E-state index contributed by atoms with van der Waals surface area (Å²) in [5.41, 5.74) is 7.61. The van der Waals surface area contributed by atoms with Crippen LogP contribution >= 0.6 is 11.6 Å². The van der Waals surface area contributed by atoms with E-state index in [1.165, 1.54) is 0 Å². The fourth-order valence-corrected chi connectivity index (χ4v) is 2.85. The molecule has 0 aliphatic carbocycles. The Bertz CT molecular complexity index is 930. The van der Waals surface area contributed by atoms with Gasteiger partial charge in [0.25, 0.3) is 5.91 Å². The minimum absolute atomic E-state index is 0.186. The van der Waals surface area contributed by atoms with Gasteiger partial charge >= 0.3 is 0 Å². The van der Waals surface area contributed by atoms with Gasteiger partial charge in [0.1, 0.15) is 12.4 Å². The quantitative estimate of drug-likeness (QED) is 0.722. The number of rotatable bonds is 6. The maximum atomic E-state index is 12.9. The van der Waals surface area contributed by atoms with E-state index in [1.54, 1.807) is 30.1 Å². The van der Waals surface area contributed by atoms with Gasteiger partial charge in [0, 0.05) is 24.0 Å². The third-order valence-electron chi connectivity index (χ3n) is 3.95. The number of benzene rings is 2. The summed E-state index contributed by atoms with van der Waals surface area (Å²) in [5.74, 6) is 0.289.